The van der Waals surface area contributed by atoms with Gasteiger partial charge in [0.1, 0.15) is 30.5 Å². The van der Waals surface area contributed by atoms with Crippen LogP contribution in [0.3, 0.4) is 0 Å². The van der Waals surface area contributed by atoms with E-state index in [9.17, 15) is 24.6 Å². The second-order valence-corrected chi connectivity index (χ2v) is 5.49. The van der Waals surface area contributed by atoms with Gasteiger partial charge in [0.15, 0.2) is 0 Å². The van der Waals surface area contributed by atoms with E-state index in [0.29, 0.717) is 0 Å². The molecule has 1 aliphatic rings. The Morgan fingerprint density at radius 2 is 1.29 bits per heavy atom. The number of carbonyl (C=O) groups excluding carboxylic acids is 3. The molecule has 0 aromatic rings. The maximum absolute atomic E-state index is 11.7. The maximum atomic E-state index is 11.7. The van der Waals surface area contributed by atoms with Crippen LogP contribution in [-0.2, 0) is 28.6 Å². The zero-order valence-electron chi connectivity index (χ0n) is 13.7. The number of aliphatic hydroxyl groups is 2. The van der Waals surface area contributed by atoms with Crippen molar-refractivity contribution in [3.63, 3.8) is 0 Å². The highest BCUT2D eigenvalue weighted by atomic mass is 16.6. The molecule has 0 aromatic heterocycles. The molecule has 8 heteroatoms. The minimum absolute atomic E-state index is 0.193. The molecule has 0 saturated carbocycles. The number of rotatable bonds is 0. The fraction of sp³-hybridized carbons (Fsp3) is 0.562. The first-order valence-corrected chi connectivity index (χ1v) is 7.52. The lowest BCUT2D eigenvalue weighted by atomic mass is 10.2. The van der Waals surface area contributed by atoms with Crippen LogP contribution < -0.4 is 0 Å². The van der Waals surface area contributed by atoms with Gasteiger partial charge < -0.3 is 24.4 Å². The number of cyclic esters (lactones) is 3. The molecule has 1 heterocycles. The van der Waals surface area contributed by atoms with E-state index in [1.165, 1.54) is 20.8 Å². The highest BCUT2D eigenvalue weighted by molar-refractivity contribution is 5.83. The molecule has 24 heavy (non-hydrogen) atoms. The molecule has 0 bridgehead atoms. The molecule has 8 nitrogen and oxygen atoms in total. The third-order valence-electron chi connectivity index (χ3n) is 3.21. The van der Waals surface area contributed by atoms with Crippen LogP contribution in [-0.4, -0.2) is 58.6 Å². The van der Waals surface area contributed by atoms with Crippen molar-refractivity contribution in [3.8, 4) is 0 Å². The van der Waals surface area contributed by atoms with Crippen LogP contribution in [0.4, 0.5) is 0 Å². The van der Waals surface area contributed by atoms with E-state index >= 15 is 0 Å². The third-order valence-corrected chi connectivity index (χ3v) is 3.21. The van der Waals surface area contributed by atoms with Crippen molar-refractivity contribution in [1.29, 1.82) is 0 Å². The Morgan fingerprint density at radius 3 is 1.83 bits per heavy atom. The summed E-state index contributed by atoms with van der Waals surface area (Å²) < 4.78 is 14.9. The van der Waals surface area contributed by atoms with Crippen molar-refractivity contribution in [2.75, 3.05) is 0 Å². The van der Waals surface area contributed by atoms with E-state index in [1.807, 2.05) is 0 Å². The van der Waals surface area contributed by atoms with E-state index in [1.54, 1.807) is 0 Å². The number of carbonyl (C=O) groups is 3. The van der Waals surface area contributed by atoms with Crippen molar-refractivity contribution >= 4 is 17.9 Å². The second-order valence-electron chi connectivity index (χ2n) is 5.49. The standard InChI is InChI=1S/C16H22O8/c1-9-8-16(21)24-11(3)13(18)5-7-15(20)23-10(2)12(17)4-6-14(19)22-9/h4-7,9-13,17-18H,8H2,1-3H3/b6-4+,7-5+/t9-,10+,11-,12+,13-/m1/s1. The summed E-state index contributed by atoms with van der Waals surface area (Å²) >= 11 is 0. The van der Waals surface area contributed by atoms with Gasteiger partial charge in [-0.25, -0.2) is 9.59 Å². The van der Waals surface area contributed by atoms with Crippen molar-refractivity contribution in [2.24, 2.45) is 0 Å². The molecule has 5 atom stereocenters. The quantitative estimate of drug-likeness (QED) is 0.467. The molecule has 2 N–H and O–H groups in total. The highest BCUT2D eigenvalue weighted by Crippen LogP contribution is 2.08. The fourth-order valence-electron chi connectivity index (χ4n) is 1.80. The first-order chi connectivity index (χ1) is 11.2. The second kappa shape index (κ2) is 9.19. The minimum atomic E-state index is -1.22. The van der Waals surface area contributed by atoms with Gasteiger partial charge in [0.05, 0.1) is 6.42 Å². The van der Waals surface area contributed by atoms with Gasteiger partial charge in [0.25, 0.3) is 0 Å². The van der Waals surface area contributed by atoms with Crippen LogP contribution in [0, 0.1) is 0 Å². The van der Waals surface area contributed by atoms with Crippen LogP contribution in [0.25, 0.3) is 0 Å². The fourth-order valence-corrected chi connectivity index (χ4v) is 1.80. The predicted molar refractivity (Wildman–Crippen MR) is 81.6 cm³/mol. The number of aliphatic hydroxyl groups excluding tert-OH is 2. The number of esters is 3. The lowest BCUT2D eigenvalue weighted by Gasteiger charge is -2.19. The summed E-state index contributed by atoms with van der Waals surface area (Å²) in [5.74, 6) is -2.22. The van der Waals surface area contributed by atoms with Gasteiger partial charge in [0, 0.05) is 12.2 Å². The molecule has 1 aliphatic heterocycles. The van der Waals surface area contributed by atoms with Gasteiger partial charge in [-0.1, -0.05) is 0 Å². The van der Waals surface area contributed by atoms with E-state index < -0.39 is 48.4 Å². The Balaban J connectivity index is 2.91. The molecule has 0 aliphatic carbocycles. The largest absolute Gasteiger partial charge is 0.459 e. The predicted octanol–water partition coefficient (Wildman–Crippen LogP) is 0.0194. The lowest BCUT2D eigenvalue weighted by Crippen LogP contribution is -2.30. The lowest BCUT2D eigenvalue weighted by molar-refractivity contribution is -0.157. The summed E-state index contributed by atoms with van der Waals surface area (Å²) in [6.45, 7) is 4.41. The summed E-state index contributed by atoms with van der Waals surface area (Å²) in [4.78, 5) is 34.9. The minimum Gasteiger partial charge on any atom is -0.459 e. The molecular formula is C16H22O8. The van der Waals surface area contributed by atoms with Gasteiger partial charge in [-0.15, -0.1) is 0 Å². The van der Waals surface area contributed by atoms with Crippen molar-refractivity contribution in [1.82, 2.24) is 0 Å². The van der Waals surface area contributed by atoms with Crippen LogP contribution in [0.2, 0.25) is 0 Å². The topological polar surface area (TPSA) is 119 Å². The normalized spacial score (nSPS) is 36.2. The average Bonchev–Trinajstić information content (AvgIpc) is 2.48. The van der Waals surface area contributed by atoms with Gasteiger partial charge in [-0.3, -0.25) is 4.79 Å². The van der Waals surface area contributed by atoms with E-state index in [0.717, 1.165) is 24.3 Å². The molecule has 1 rings (SSSR count). The van der Waals surface area contributed by atoms with Gasteiger partial charge >= 0.3 is 17.9 Å². The highest BCUT2D eigenvalue weighted by Gasteiger charge is 2.21. The first kappa shape index (κ1) is 19.9. The van der Waals surface area contributed by atoms with Crippen LogP contribution in [0.15, 0.2) is 24.3 Å². The van der Waals surface area contributed by atoms with Crippen molar-refractivity contribution < 1.29 is 38.8 Å². The van der Waals surface area contributed by atoms with Gasteiger partial charge in [-0.2, -0.15) is 0 Å². The number of hydrogen-bond donors (Lipinski definition) is 2. The Hall–Kier alpha value is -2.19. The van der Waals surface area contributed by atoms with E-state index in [-0.39, 0.29) is 6.42 Å². The van der Waals surface area contributed by atoms with E-state index in [2.05, 4.69) is 0 Å². The molecule has 0 radical (unpaired) electrons. The van der Waals surface area contributed by atoms with Crippen molar-refractivity contribution in [3.05, 3.63) is 24.3 Å². The molecule has 0 unspecified atom stereocenters. The summed E-state index contributed by atoms with van der Waals surface area (Å²) in [5, 5.41) is 19.6. The van der Waals surface area contributed by atoms with Gasteiger partial charge in [0.2, 0.25) is 0 Å². The number of ether oxygens (including phenoxy) is 3. The Morgan fingerprint density at radius 1 is 0.833 bits per heavy atom. The Labute approximate surface area is 139 Å². The molecule has 0 saturated heterocycles. The first-order valence-electron chi connectivity index (χ1n) is 7.52. The zero-order valence-corrected chi connectivity index (χ0v) is 13.7. The molecule has 0 amide bonds. The summed E-state index contributed by atoms with van der Waals surface area (Å²) in [6.07, 6.45) is -0.961. The van der Waals surface area contributed by atoms with E-state index in [4.69, 9.17) is 14.2 Å². The van der Waals surface area contributed by atoms with Gasteiger partial charge in [-0.05, 0) is 32.9 Å². The molecule has 0 fully saturated rings. The van der Waals surface area contributed by atoms with Crippen LogP contribution >= 0.6 is 0 Å². The Kier molecular flexibility index (Phi) is 7.60. The maximum Gasteiger partial charge on any atom is 0.330 e. The summed E-state index contributed by atoms with van der Waals surface area (Å²) in [5.41, 5.74) is 0. The Bertz CT molecular complexity index is 524. The average molecular weight is 342 g/mol. The van der Waals surface area contributed by atoms with Crippen molar-refractivity contribution in [2.45, 2.75) is 57.7 Å². The monoisotopic (exact) mass is 342 g/mol. The smallest absolute Gasteiger partial charge is 0.330 e. The molecular weight excluding hydrogens is 320 g/mol. The molecule has 134 valence electrons. The molecule has 0 spiro atoms. The third kappa shape index (κ3) is 6.93. The molecule has 0 aromatic carbocycles. The summed E-state index contributed by atoms with van der Waals surface area (Å²) in [7, 11) is 0. The zero-order chi connectivity index (χ0) is 18.3. The SMILES string of the molecule is C[C@@H]1CC(=O)O[C@H](C)[C@H](O)/C=C/C(=O)O[C@@H](C)[C@@H](O)/C=C/C(=O)O1. The summed E-state index contributed by atoms with van der Waals surface area (Å²) in [6, 6.07) is 0. The number of hydrogen-bond acceptors (Lipinski definition) is 8. The van der Waals surface area contributed by atoms with Crippen LogP contribution in [0.5, 0.6) is 0 Å². The van der Waals surface area contributed by atoms with Crippen LogP contribution in [0.1, 0.15) is 27.2 Å².